The molecule has 6 nitrogen and oxygen atoms in total. The van der Waals surface area contributed by atoms with Crippen LogP contribution in [-0.2, 0) is 20.6 Å². The van der Waals surface area contributed by atoms with Gasteiger partial charge < -0.3 is 0 Å². The van der Waals surface area contributed by atoms with Crippen molar-refractivity contribution in [1.82, 2.24) is 14.6 Å². The lowest BCUT2D eigenvalue weighted by Crippen LogP contribution is -1.99. The molecule has 8 heteroatoms. The number of benzene rings is 2. The Morgan fingerprint density at radius 3 is 2.39 bits per heavy atom. The van der Waals surface area contributed by atoms with Gasteiger partial charge in [-0.3, -0.25) is 4.21 Å². The number of nitrogens with zero attached hydrogens (tertiary/aromatic N) is 3. The minimum atomic E-state index is -3.31. The average Bonchev–Trinajstić information content (AvgIpc) is 3.10. The third kappa shape index (κ3) is 3.48. The van der Waals surface area contributed by atoms with E-state index in [1.807, 2.05) is 42.5 Å². The zero-order valence-electron chi connectivity index (χ0n) is 15.2. The van der Waals surface area contributed by atoms with Crippen molar-refractivity contribution in [2.24, 2.45) is 0 Å². The first-order valence-corrected chi connectivity index (χ1v) is 11.9. The Hall–Kier alpha value is -2.84. The maximum Gasteiger partial charge on any atom is 0.175 e. The summed E-state index contributed by atoms with van der Waals surface area (Å²) in [5, 5.41) is 4.68. The average molecular weight is 412 g/mol. The molecule has 4 rings (SSSR count). The van der Waals surface area contributed by atoms with Gasteiger partial charge >= 0.3 is 0 Å². The van der Waals surface area contributed by atoms with Crippen LogP contribution in [0.3, 0.4) is 0 Å². The van der Waals surface area contributed by atoms with Crippen molar-refractivity contribution in [1.29, 1.82) is 0 Å². The standard InChI is InChI=1S/C20H17N3O3S2/c1-27(24)16-8-6-14(7-9-16)18-10-11-20-21-13-19(23(20)22-18)15-4-3-5-17(12-15)28(2,25)26/h3-13H,1-2H3. The first kappa shape index (κ1) is 18.5. The summed E-state index contributed by atoms with van der Waals surface area (Å²) >= 11 is 0. The second-order valence-electron chi connectivity index (χ2n) is 6.41. The molecule has 0 aliphatic heterocycles. The molecule has 4 aromatic rings. The highest BCUT2D eigenvalue weighted by molar-refractivity contribution is 7.90. The number of hydrogen-bond acceptors (Lipinski definition) is 5. The highest BCUT2D eigenvalue weighted by Crippen LogP contribution is 2.25. The molecule has 0 amide bonds. The number of fused-ring (bicyclic) bond motifs is 1. The van der Waals surface area contributed by atoms with Crippen molar-refractivity contribution >= 4 is 26.3 Å². The molecule has 0 N–H and O–H groups in total. The van der Waals surface area contributed by atoms with Gasteiger partial charge in [0.25, 0.3) is 0 Å². The fourth-order valence-corrected chi connectivity index (χ4v) is 4.11. The van der Waals surface area contributed by atoms with Crippen molar-refractivity contribution < 1.29 is 12.6 Å². The minimum Gasteiger partial charge on any atom is -0.255 e. The van der Waals surface area contributed by atoms with E-state index in [9.17, 15) is 12.6 Å². The van der Waals surface area contributed by atoms with E-state index in [-0.39, 0.29) is 4.90 Å². The number of sulfone groups is 1. The highest BCUT2D eigenvalue weighted by atomic mass is 32.2. The molecule has 0 bridgehead atoms. The molecular weight excluding hydrogens is 394 g/mol. The topological polar surface area (TPSA) is 81.4 Å². The second-order valence-corrected chi connectivity index (χ2v) is 9.81. The fourth-order valence-electron chi connectivity index (χ4n) is 2.93. The van der Waals surface area contributed by atoms with Crippen LogP contribution in [0.2, 0.25) is 0 Å². The van der Waals surface area contributed by atoms with E-state index in [2.05, 4.69) is 10.1 Å². The van der Waals surface area contributed by atoms with Crippen LogP contribution >= 0.6 is 0 Å². The molecule has 1 unspecified atom stereocenters. The Balaban J connectivity index is 1.82. The summed E-state index contributed by atoms with van der Waals surface area (Å²) in [6.45, 7) is 0. The zero-order chi connectivity index (χ0) is 19.9. The monoisotopic (exact) mass is 411 g/mol. The van der Waals surface area contributed by atoms with E-state index in [0.29, 0.717) is 11.3 Å². The van der Waals surface area contributed by atoms with Gasteiger partial charge in [-0.1, -0.05) is 24.3 Å². The lowest BCUT2D eigenvalue weighted by atomic mass is 10.1. The molecule has 0 fully saturated rings. The van der Waals surface area contributed by atoms with Crippen molar-refractivity contribution in [2.75, 3.05) is 12.5 Å². The summed E-state index contributed by atoms with van der Waals surface area (Å²) < 4.78 is 37.0. The lowest BCUT2D eigenvalue weighted by molar-refractivity contribution is 0.602. The maximum atomic E-state index is 11.9. The Kier molecular flexibility index (Phi) is 4.60. The molecule has 2 aromatic heterocycles. The molecule has 142 valence electrons. The summed E-state index contributed by atoms with van der Waals surface area (Å²) in [4.78, 5) is 5.37. The van der Waals surface area contributed by atoms with Gasteiger partial charge in [0.15, 0.2) is 15.5 Å². The van der Waals surface area contributed by atoms with Crippen molar-refractivity contribution in [2.45, 2.75) is 9.79 Å². The molecular formula is C20H17N3O3S2. The lowest BCUT2D eigenvalue weighted by Gasteiger charge is -2.06. The van der Waals surface area contributed by atoms with Gasteiger partial charge in [-0.05, 0) is 36.4 Å². The first-order valence-electron chi connectivity index (χ1n) is 8.42. The molecule has 0 aliphatic rings. The van der Waals surface area contributed by atoms with Crippen LogP contribution in [0.1, 0.15) is 0 Å². The predicted octanol–water partition coefficient (Wildman–Crippen LogP) is 3.20. The molecule has 28 heavy (non-hydrogen) atoms. The quantitative estimate of drug-likeness (QED) is 0.515. The van der Waals surface area contributed by atoms with Gasteiger partial charge in [-0.15, -0.1) is 0 Å². The summed E-state index contributed by atoms with van der Waals surface area (Å²) in [6.07, 6.45) is 4.50. The van der Waals surface area contributed by atoms with Crippen LogP contribution in [0, 0.1) is 0 Å². The van der Waals surface area contributed by atoms with E-state index in [4.69, 9.17) is 0 Å². The number of rotatable bonds is 4. The molecule has 0 saturated carbocycles. The van der Waals surface area contributed by atoms with E-state index in [1.54, 1.807) is 35.2 Å². The van der Waals surface area contributed by atoms with Crippen molar-refractivity contribution in [3.8, 4) is 22.5 Å². The van der Waals surface area contributed by atoms with E-state index in [0.717, 1.165) is 21.7 Å². The van der Waals surface area contributed by atoms with Gasteiger partial charge in [0.2, 0.25) is 0 Å². The normalized spacial score (nSPS) is 12.9. The zero-order valence-corrected chi connectivity index (χ0v) is 16.9. The van der Waals surface area contributed by atoms with Crippen LogP contribution in [0.5, 0.6) is 0 Å². The van der Waals surface area contributed by atoms with Gasteiger partial charge in [0.05, 0.1) is 22.5 Å². The SMILES string of the molecule is CS(=O)c1ccc(-c2ccc3ncc(-c4cccc(S(C)(=O)=O)c4)n3n2)cc1. The summed E-state index contributed by atoms with van der Waals surface area (Å²) in [5.41, 5.74) is 3.71. The summed E-state index contributed by atoms with van der Waals surface area (Å²) in [5.74, 6) is 0. The van der Waals surface area contributed by atoms with Gasteiger partial charge in [0.1, 0.15) is 0 Å². The van der Waals surface area contributed by atoms with E-state index in [1.165, 1.54) is 6.26 Å². The summed E-state index contributed by atoms with van der Waals surface area (Å²) in [6, 6.07) is 17.9. The smallest absolute Gasteiger partial charge is 0.175 e. The van der Waals surface area contributed by atoms with Crippen LogP contribution in [0.15, 0.2) is 76.7 Å². The number of imidazole rings is 1. The summed E-state index contributed by atoms with van der Waals surface area (Å²) in [7, 11) is -4.34. The first-order chi connectivity index (χ1) is 13.3. The van der Waals surface area contributed by atoms with E-state index < -0.39 is 20.6 Å². The van der Waals surface area contributed by atoms with Gasteiger partial charge in [-0.25, -0.2) is 17.9 Å². The fraction of sp³-hybridized carbons (Fsp3) is 0.100. The third-order valence-electron chi connectivity index (χ3n) is 4.40. The van der Waals surface area contributed by atoms with Gasteiger partial charge in [0, 0.05) is 39.3 Å². The molecule has 2 heterocycles. The largest absolute Gasteiger partial charge is 0.255 e. The Morgan fingerprint density at radius 2 is 1.71 bits per heavy atom. The molecule has 0 saturated heterocycles. The van der Waals surface area contributed by atoms with Gasteiger partial charge in [-0.2, -0.15) is 5.10 Å². The van der Waals surface area contributed by atoms with Crippen LogP contribution in [0.4, 0.5) is 0 Å². The number of hydrogen-bond donors (Lipinski definition) is 0. The Labute approximate surface area is 165 Å². The highest BCUT2D eigenvalue weighted by Gasteiger charge is 2.13. The molecule has 2 aromatic carbocycles. The minimum absolute atomic E-state index is 0.249. The molecule has 0 aliphatic carbocycles. The Bertz CT molecular complexity index is 1310. The second kappa shape index (κ2) is 6.96. The van der Waals surface area contributed by atoms with Crippen LogP contribution in [-0.4, -0.2) is 39.7 Å². The van der Waals surface area contributed by atoms with Crippen molar-refractivity contribution in [3.63, 3.8) is 0 Å². The van der Waals surface area contributed by atoms with Crippen LogP contribution in [0.25, 0.3) is 28.2 Å². The predicted molar refractivity (Wildman–Crippen MR) is 109 cm³/mol. The molecule has 1 atom stereocenters. The maximum absolute atomic E-state index is 11.9. The molecule has 0 spiro atoms. The van der Waals surface area contributed by atoms with E-state index >= 15 is 0 Å². The third-order valence-corrected chi connectivity index (χ3v) is 6.45. The molecule has 0 radical (unpaired) electrons. The number of aromatic nitrogens is 3. The van der Waals surface area contributed by atoms with Crippen LogP contribution < -0.4 is 0 Å². The Morgan fingerprint density at radius 1 is 0.964 bits per heavy atom. The van der Waals surface area contributed by atoms with Crippen molar-refractivity contribution in [3.05, 3.63) is 66.9 Å².